The lowest BCUT2D eigenvalue weighted by molar-refractivity contribution is -0.134. The van der Waals surface area contributed by atoms with E-state index in [2.05, 4.69) is 20.8 Å². The van der Waals surface area contributed by atoms with Gasteiger partial charge < -0.3 is 10.2 Å². The van der Waals surface area contributed by atoms with Gasteiger partial charge in [0, 0.05) is 13.5 Å². The Kier molecular flexibility index (Phi) is 7.31. The first kappa shape index (κ1) is 13.1. The van der Waals surface area contributed by atoms with Crippen LogP contribution in [0.3, 0.4) is 0 Å². The summed E-state index contributed by atoms with van der Waals surface area (Å²) in [6.45, 7) is 7.74. The van der Waals surface area contributed by atoms with Gasteiger partial charge in [0.2, 0.25) is 0 Å². The number of carbonyl (C=O) groups is 1. The first-order valence-corrected chi connectivity index (χ1v) is 3.60. The SMILES string of the molecule is CC(=O)O.CC(C)(C)CCO. The van der Waals surface area contributed by atoms with Crippen molar-refractivity contribution in [3.05, 3.63) is 0 Å². The standard InChI is InChI=1S/C6H14O.C2H4O2/c1-6(2,3)4-5-7;1-2(3)4/h7H,4-5H2,1-3H3;1H3,(H,3,4). The van der Waals surface area contributed by atoms with Crippen LogP contribution in [0.4, 0.5) is 0 Å². The van der Waals surface area contributed by atoms with Crippen LogP contribution in [0.5, 0.6) is 0 Å². The normalized spacial score (nSPS) is 9.91. The van der Waals surface area contributed by atoms with Crippen LogP contribution >= 0.6 is 0 Å². The highest BCUT2D eigenvalue weighted by molar-refractivity contribution is 5.62. The van der Waals surface area contributed by atoms with E-state index in [1.165, 1.54) is 0 Å². The fraction of sp³-hybridized carbons (Fsp3) is 0.875. The molecule has 0 aromatic heterocycles. The minimum atomic E-state index is -0.833. The quantitative estimate of drug-likeness (QED) is 0.614. The van der Waals surface area contributed by atoms with Crippen molar-refractivity contribution >= 4 is 5.97 Å². The van der Waals surface area contributed by atoms with Gasteiger partial charge in [0.05, 0.1) is 0 Å². The topological polar surface area (TPSA) is 57.5 Å². The first-order valence-electron chi connectivity index (χ1n) is 3.60. The second-order valence-corrected chi connectivity index (χ2v) is 3.55. The predicted octanol–water partition coefficient (Wildman–Crippen LogP) is 1.51. The lowest BCUT2D eigenvalue weighted by Crippen LogP contribution is -2.06. The molecule has 0 saturated carbocycles. The second-order valence-electron chi connectivity index (χ2n) is 3.55. The molecule has 68 valence electrons. The van der Waals surface area contributed by atoms with Gasteiger partial charge in [0.1, 0.15) is 0 Å². The number of carboxylic acid groups (broad SMARTS) is 1. The predicted molar refractivity (Wildman–Crippen MR) is 44.5 cm³/mol. The molecule has 0 unspecified atom stereocenters. The fourth-order valence-corrected chi connectivity index (χ4v) is 0.335. The monoisotopic (exact) mass is 162 g/mol. The molecule has 0 atom stereocenters. The van der Waals surface area contributed by atoms with Crippen molar-refractivity contribution < 1.29 is 15.0 Å². The Balaban J connectivity index is 0. The van der Waals surface area contributed by atoms with Crippen molar-refractivity contribution in [3.63, 3.8) is 0 Å². The highest BCUT2D eigenvalue weighted by Crippen LogP contribution is 2.16. The zero-order valence-electron chi connectivity index (χ0n) is 7.72. The van der Waals surface area contributed by atoms with Crippen LogP contribution in [0.2, 0.25) is 0 Å². The summed E-state index contributed by atoms with van der Waals surface area (Å²) in [7, 11) is 0. The van der Waals surface area contributed by atoms with E-state index >= 15 is 0 Å². The molecule has 0 heterocycles. The van der Waals surface area contributed by atoms with Gasteiger partial charge in [-0.25, -0.2) is 0 Å². The molecule has 2 N–H and O–H groups in total. The van der Waals surface area contributed by atoms with Crippen LogP contribution < -0.4 is 0 Å². The number of aliphatic carboxylic acids is 1. The lowest BCUT2D eigenvalue weighted by Gasteiger charge is -2.14. The van der Waals surface area contributed by atoms with Crippen LogP contribution in [-0.2, 0) is 4.79 Å². The number of aliphatic hydroxyl groups is 1. The van der Waals surface area contributed by atoms with Crippen LogP contribution in [0.25, 0.3) is 0 Å². The van der Waals surface area contributed by atoms with Crippen molar-refractivity contribution in [1.29, 1.82) is 0 Å². The molecule has 0 fully saturated rings. The number of rotatable bonds is 1. The maximum absolute atomic E-state index is 9.00. The fourth-order valence-electron chi connectivity index (χ4n) is 0.335. The Morgan fingerprint density at radius 3 is 1.64 bits per heavy atom. The molecule has 0 spiro atoms. The third kappa shape index (κ3) is 44.2. The Bertz CT molecular complexity index is 98.4. The minimum Gasteiger partial charge on any atom is -0.481 e. The van der Waals surface area contributed by atoms with Crippen LogP contribution in [0, 0.1) is 5.41 Å². The molecule has 0 aromatic rings. The van der Waals surface area contributed by atoms with Gasteiger partial charge in [-0.2, -0.15) is 0 Å². The summed E-state index contributed by atoms with van der Waals surface area (Å²) in [5, 5.41) is 15.8. The molecular formula is C8H18O3. The van der Waals surface area contributed by atoms with Gasteiger partial charge in [-0.1, -0.05) is 20.8 Å². The summed E-state index contributed by atoms with van der Waals surface area (Å²) >= 11 is 0. The van der Waals surface area contributed by atoms with Crippen molar-refractivity contribution in [3.8, 4) is 0 Å². The largest absolute Gasteiger partial charge is 0.481 e. The summed E-state index contributed by atoms with van der Waals surface area (Å²) in [5.41, 5.74) is 0.300. The third-order valence-corrected chi connectivity index (χ3v) is 0.862. The number of hydrogen-bond acceptors (Lipinski definition) is 2. The van der Waals surface area contributed by atoms with E-state index < -0.39 is 5.97 Å². The van der Waals surface area contributed by atoms with E-state index in [9.17, 15) is 0 Å². The molecule has 0 radical (unpaired) electrons. The molecule has 3 nitrogen and oxygen atoms in total. The van der Waals surface area contributed by atoms with Gasteiger partial charge in [0.25, 0.3) is 5.97 Å². The zero-order chi connectivity index (χ0) is 9.49. The van der Waals surface area contributed by atoms with Crippen LogP contribution in [0.1, 0.15) is 34.1 Å². The van der Waals surface area contributed by atoms with Gasteiger partial charge in [-0.05, 0) is 11.8 Å². The second kappa shape index (κ2) is 6.16. The molecule has 0 bridgehead atoms. The van der Waals surface area contributed by atoms with Crippen molar-refractivity contribution in [2.24, 2.45) is 5.41 Å². The highest BCUT2D eigenvalue weighted by Gasteiger charge is 2.06. The molecule has 0 aliphatic heterocycles. The molecule has 3 heteroatoms. The van der Waals surface area contributed by atoms with Gasteiger partial charge in [-0.3, -0.25) is 4.79 Å². The summed E-state index contributed by atoms with van der Waals surface area (Å²) in [4.78, 5) is 9.00. The molecule has 0 aliphatic rings. The van der Waals surface area contributed by atoms with Gasteiger partial charge in [0.15, 0.2) is 0 Å². The number of carboxylic acids is 1. The molecule has 0 rings (SSSR count). The maximum atomic E-state index is 9.00. The van der Waals surface area contributed by atoms with E-state index in [0.717, 1.165) is 13.3 Å². The number of hydrogen-bond donors (Lipinski definition) is 2. The number of aliphatic hydroxyl groups excluding tert-OH is 1. The van der Waals surface area contributed by atoms with E-state index in [4.69, 9.17) is 15.0 Å². The van der Waals surface area contributed by atoms with Crippen molar-refractivity contribution in [2.75, 3.05) is 6.61 Å². The Morgan fingerprint density at radius 2 is 1.64 bits per heavy atom. The Hall–Kier alpha value is -0.570. The van der Waals surface area contributed by atoms with Gasteiger partial charge >= 0.3 is 0 Å². The third-order valence-electron chi connectivity index (χ3n) is 0.862. The van der Waals surface area contributed by atoms with Crippen LogP contribution in [-0.4, -0.2) is 22.8 Å². The molecule has 0 aromatic carbocycles. The highest BCUT2D eigenvalue weighted by atomic mass is 16.4. The lowest BCUT2D eigenvalue weighted by atomic mass is 9.93. The molecular weight excluding hydrogens is 144 g/mol. The molecule has 0 saturated heterocycles. The van der Waals surface area contributed by atoms with Crippen LogP contribution in [0.15, 0.2) is 0 Å². The van der Waals surface area contributed by atoms with E-state index in [-0.39, 0.29) is 0 Å². The Morgan fingerprint density at radius 1 is 1.36 bits per heavy atom. The van der Waals surface area contributed by atoms with E-state index in [1.807, 2.05) is 0 Å². The first-order chi connectivity index (χ1) is 4.79. The van der Waals surface area contributed by atoms with E-state index in [0.29, 0.717) is 12.0 Å². The van der Waals surface area contributed by atoms with Crippen molar-refractivity contribution in [1.82, 2.24) is 0 Å². The average Bonchev–Trinajstić information content (AvgIpc) is 1.58. The van der Waals surface area contributed by atoms with Crippen molar-refractivity contribution in [2.45, 2.75) is 34.1 Å². The van der Waals surface area contributed by atoms with E-state index in [1.54, 1.807) is 0 Å². The molecule has 11 heavy (non-hydrogen) atoms. The smallest absolute Gasteiger partial charge is 0.300 e. The molecule has 0 aliphatic carbocycles. The minimum absolute atomic E-state index is 0.300. The zero-order valence-corrected chi connectivity index (χ0v) is 7.72. The summed E-state index contributed by atoms with van der Waals surface area (Å²) in [5.74, 6) is -0.833. The molecule has 0 amide bonds. The maximum Gasteiger partial charge on any atom is 0.300 e. The van der Waals surface area contributed by atoms with Gasteiger partial charge in [-0.15, -0.1) is 0 Å². The summed E-state index contributed by atoms with van der Waals surface area (Å²) < 4.78 is 0. The summed E-state index contributed by atoms with van der Waals surface area (Å²) in [6.07, 6.45) is 0.896. The summed E-state index contributed by atoms with van der Waals surface area (Å²) in [6, 6.07) is 0. The average molecular weight is 162 g/mol. The Labute approximate surface area is 68.0 Å².